The number of para-hydroxylation sites is 1. The Bertz CT molecular complexity index is 1280. The maximum Gasteiger partial charge on any atom is 0.249 e. The summed E-state index contributed by atoms with van der Waals surface area (Å²) < 4.78 is -0.443. The molecule has 6 rings (SSSR count). The number of amides is 1. The Balaban J connectivity index is 1.56. The molecule has 1 aliphatic carbocycles. The molecule has 0 aromatic heterocycles. The minimum absolute atomic E-state index is 0.187. The molecule has 4 aromatic rings. The van der Waals surface area contributed by atoms with Crippen LogP contribution >= 0.6 is 11.8 Å². The Kier molecular flexibility index (Phi) is 4.92. The topological polar surface area (TPSA) is 20.3 Å². The third-order valence-electron chi connectivity index (χ3n) is 6.51. The van der Waals surface area contributed by atoms with Crippen molar-refractivity contribution in [3.8, 4) is 0 Å². The molecule has 4 aromatic carbocycles. The number of nitrogens with zero attached hydrogens (tertiary/aromatic N) is 1. The van der Waals surface area contributed by atoms with E-state index in [1.54, 1.807) is 11.8 Å². The van der Waals surface area contributed by atoms with Crippen molar-refractivity contribution in [2.75, 3.05) is 4.90 Å². The zero-order valence-electron chi connectivity index (χ0n) is 18.1. The van der Waals surface area contributed by atoms with Crippen LogP contribution in [0.4, 0.5) is 5.69 Å². The number of hydrogen-bond donors (Lipinski definition) is 0. The van der Waals surface area contributed by atoms with E-state index in [0.717, 1.165) is 33.8 Å². The Morgan fingerprint density at radius 1 is 0.697 bits per heavy atom. The molecule has 1 unspecified atom stereocenters. The summed E-state index contributed by atoms with van der Waals surface area (Å²) in [6, 6.07) is 41.4. The molecule has 0 bridgehead atoms. The van der Waals surface area contributed by atoms with E-state index in [4.69, 9.17) is 0 Å². The van der Waals surface area contributed by atoms with Crippen molar-refractivity contribution in [1.82, 2.24) is 0 Å². The van der Waals surface area contributed by atoms with E-state index in [0.29, 0.717) is 0 Å². The van der Waals surface area contributed by atoms with Crippen molar-refractivity contribution in [3.05, 3.63) is 143 Å². The van der Waals surface area contributed by atoms with Crippen LogP contribution in [-0.4, -0.2) is 10.7 Å². The van der Waals surface area contributed by atoms with Crippen LogP contribution in [0.2, 0.25) is 0 Å². The molecule has 0 N–H and O–H groups in total. The van der Waals surface area contributed by atoms with Gasteiger partial charge in [-0.15, -0.1) is 0 Å². The van der Waals surface area contributed by atoms with Gasteiger partial charge >= 0.3 is 0 Å². The van der Waals surface area contributed by atoms with Gasteiger partial charge in [0.05, 0.1) is 5.03 Å². The fourth-order valence-corrected chi connectivity index (χ4v) is 6.48. The van der Waals surface area contributed by atoms with Crippen molar-refractivity contribution in [2.24, 2.45) is 0 Å². The number of carbonyl (C=O) groups excluding carboxylic acids is 1. The second kappa shape index (κ2) is 8.09. The van der Waals surface area contributed by atoms with Crippen LogP contribution in [0.25, 0.3) is 5.57 Å². The van der Waals surface area contributed by atoms with Gasteiger partial charge in [0, 0.05) is 17.2 Å². The van der Waals surface area contributed by atoms with Gasteiger partial charge < -0.3 is 0 Å². The van der Waals surface area contributed by atoms with Crippen molar-refractivity contribution in [3.63, 3.8) is 0 Å². The van der Waals surface area contributed by atoms with Gasteiger partial charge in [0.25, 0.3) is 0 Å². The van der Waals surface area contributed by atoms with Gasteiger partial charge in [0.15, 0.2) is 0 Å². The fraction of sp³-hybridized carbons (Fsp3) is 0.100. The smallest absolute Gasteiger partial charge is 0.249 e. The van der Waals surface area contributed by atoms with E-state index >= 15 is 0 Å². The minimum Gasteiger partial charge on any atom is -0.273 e. The highest BCUT2D eigenvalue weighted by atomic mass is 32.2. The maximum absolute atomic E-state index is 14.1. The normalized spacial score (nSPS) is 21.5. The first-order valence-corrected chi connectivity index (χ1v) is 12.1. The van der Waals surface area contributed by atoms with Crippen molar-refractivity contribution >= 4 is 28.9 Å². The van der Waals surface area contributed by atoms with Gasteiger partial charge in [0.2, 0.25) is 5.91 Å². The van der Waals surface area contributed by atoms with E-state index in [9.17, 15) is 4.79 Å². The van der Waals surface area contributed by atoms with E-state index < -0.39 is 4.75 Å². The SMILES string of the molecule is O=C1N(c2ccccc2)C(=C(c2ccccc2)c2ccccc2)SC12C[C@@H]2c1ccccc1. The first-order valence-electron chi connectivity index (χ1n) is 11.3. The molecule has 0 radical (unpaired) electrons. The summed E-state index contributed by atoms with van der Waals surface area (Å²) >= 11 is 1.75. The highest BCUT2D eigenvalue weighted by Gasteiger charge is 2.67. The van der Waals surface area contributed by atoms with Crippen LogP contribution < -0.4 is 4.90 Å². The number of hydrogen-bond acceptors (Lipinski definition) is 2. The second-order valence-corrected chi connectivity index (χ2v) is 9.87. The van der Waals surface area contributed by atoms with Crippen molar-refractivity contribution in [2.45, 2.75) is 17.1 Å². The molecule has 1 heterocycles. The molecule has 3 heteroatoms. The Hall–Kier alpha value is -3.56. The standard InChI is InChI=1S/C30H23NOS/c32-29-30(21-26(30)22-13-5-1-6-14-22)33-28(31(29)25-19-11-4-12-20-25)27(23-15-7-2-8-16-23)24-17-9-3-10-18-24/h1-20,26H,21H2/t26-,30?/m1/s1. The second-order valence-electron chi connectivity index (χ2n) is 8.55. The highest BCUT2D eigenvalue weighted by Crippen LogP contribution is 2.68. The lowest BCUT2D eigenvalue weighted by atomic mass is 9.98. The molecule has 1 amide bonds. The van der Waals surface area contributed by atoms with Crippen LogP contribution in [-0.2, 0) is 4.79 Å². The van der Waals surface area contributed by atoms with Crippen LogP contribution in [0.1, 0.15) is 29.0 Å². The number of benzene rings is 4. The summed E-state index contributed by atoms with van der Waals surface area (Å²) in [7, 11) is 0. The van der Waals surface area contributed by atoms with Crippen LogP contribution in [0, 0.1) is 0 Å². The average Bonchev–Trinajstić information content (AvgIpc) is 3.55. The van der Waals surface area contributed by atoms with Gasteiger partial charge in [-0.25, -0.2) is 0 Å². The third-order valence-corrected chi connectivity index (χ3v) is 8.08. The predicted molar refractivity (Wildman–Crippen MR) is 137 cm³/mol. The molecule has 1 aliphatic heterocycles. The molecule has 2 nitrogen and oxygen atoms in total. The Morgan fingerprint density at radius 2 is 1.18 bits per heavy atom. The Labute approximate surface area is 198 Å². The van der Waals surface area contributed by atoms with Crippen molar-refractivity contribution < 1.29 is 4.79 Å². The minimum atomic E-state index is -0.443. The summed E-state index contributed by atoms with van der Waals surface area (Å²) in [4.78, 5) is 16.1. The van der Waals surface area contributed by atoms with E-state index in [2.05, 4.69) is 72.8 Å². The van der Waals surface area contributed by atoms with Crippen molar-refractivity contribution in [1.29, 1.82) is 0 Å². The van der Waals surface area contributed by atoms with E-state index in [1.165, 1.54) is 5.56 Å². The molecular weight excluding hydrogens is 422 g/mol. The molecule has 33 heavy (non-hydrogen) atoms. The molecule has 2 aliphatic rings. The molecule has 160 valence electrons. The quantitative estimate of drug-likeness (QED) is 0.334. The number of thioether (sulfide) groups is 1. The number of carbonyl (C=O) groups is 1. The highest BCUT2D eigenvalue weighted by molar-refractivity contribution is 8.06. The first-order chi connectivity index (χ1) is 16.3. The average molecular weight is 446 g/mol. The van der Waals surface area contributed by atoms with E-state index in [-0.39, 0.29) is 11.8 Å². The maximum atomic E-state index is 14.1. The number of rotatable bonds is 4. The summed E-state index contributed by atoms with van der Waals surface area (Å²) in [5.41, 5.74) is 5.51. The summed E-state index contributed by atoms with van der Waals surface area (Å²) in [5, 5.41) is 1.02. The van der Waals surface area contributed by atoms with Crippen LogP contribution in [0.5, 0.6) is 0 Å². The molecule has 1 saturated carbocycles. The number of anilines is 1. The van der Waals surface area contributed by atoms with Crippen LogP contribution in [0.15, 0.2) is 126 Å². The lowest BCUT2D eigenvalue weighted by Gasteiger charge is -2.21. The molecule has 1 spiro atoms. The zero-order chi connectivity index (χ0) is 22.3. The lowest BCUT2D eigenvalue weighted by Crippen LogP contribution is -2.30. The largest absolute Gasteiger partial charge is 0.273 e. The molecule has 2 atom stereocenters. The van der Waals surface area contributed by atoms with Gasteiger partial charge in [-0.1, -0.05) is 121 Å². The van der Waals surface area contributed by atoms with Gasteiger partial charge in [-0.2, -0.15) is 0 Å². The fourth-order valence-electron chi connectivity index (χ4n) is 4.81. The molecule has 2 fully saturated rings. The summed E-state index contributed by atoms with van der Waals surface area (Å²) in [6.45, 7) is 0. The van der Waals surface area contributed by atoms with Gasteiger partial charge in [-0.05, 0) is 35.2 Å². The summed E-state index contributed by atoms with van der Waals surface area (Å²) in [6.07, 6.45) is 0.865. The third kappa shape index (κ3) is 3.40. The zero-order valence-corrected chi connectivity index (χ0v) is 18.9. The van der Waals surface area contributed by atoms with Crippen LogP contribution in [0.3, 0.4) is 0 Å². The molecular formula is C30H23NOS. The summed E-state index contributed by atoms with van der Waals surface area (Å²) in [5.74, 6) is 0.416. The van der Waals surface area contributed by atoms with E-state index in [1.807, 2.05) is 53.4 Å². The van der Waals surface area contributed by atoms with Gasteiger partial charge in [0.1, 0.15) is 4.75 Å². The first kappa shape index (κ1) is 20.1. The Morgan fingerprint density at radius 3 is 1.73 bits per heavy atom. The lowest BCUT2D eigenvalue weighted by molar-refractivity contribution is -0.117. The van der Waals surface area contributed by atoms with Gasteiger partial charge in [-0.3, -0.25) is 9.69 Å². The monoisotopic (exact) mass is 445 g/mol. The predicted octanol–water partition coefficient (Wildman–Crippen LogP) is 7.11. The molecule has 1 saturated heterocycles.